The van der Waals surface area contributed by atoms with Gasteiger partial charge in [0.05, 0.1) is 19.8 Å². The second-order valence-corrected chi connectivity index (χ2v) is 3.95. The highest BCUT2D eigenvalue weighted by Crippen LogP contribution is 2.43. The van der Waals surface area contributed by atoms with E-state index in [0.29, 0.717) is 13.0 Å². The Hall–Kier alpha value is -2.11. The zero-order valence-electron chi connectivity index (χ0n) is 11.9. The second-order valence-electron chi connectivity index (χ2n) is 3.95. The Balaban J connectivity index is 3.32. The van der Waals surface area contributed by atoms with Crippen LogP contribution in [0.5, 0.6) is 23.0 Å². The Morgan fingerprint density at radius 1 is 1.15 bits per heavy atom. The Morgan fingerprint density at radius 3 is 2.35 bits per heavy atom. The van der Waals surface area contributed by atoms with E-state index in [1.165, 1.54) is 6.07 Å². The molecule has 1 aromatic carbocycles. The zero-order valence-corrected chi connectivity index (χ0v) is 11.9. The van der Waals surface area contributed by atoms with E-state index in [1.807, 2.05) is 6.92 Å². The average molecular weight is 284 g/mol. The van der Waals surface area contributed by atoms with Crippen molar-refractivity contribution in [2.75, 3.05) is 19.8 Å². The van der Waals surface area contributed by atoms with Crippen LogP contribution >= 0.6 is 0 Å². The van der Waals surface area contributed by atoms with Gasteiger partial charge in [-0.3, -0.25) is 0 Å². The standard InChI is InChI=1S/C14H20O6/c1-4-7-20-14(17)11-12(16)9(15)8-10(18-5-2)13(11)19-6-3/h8,15-16H,4-7H2,1-3H3. The molecule has 2 N–H and O–H groups in total. The summed E-state index contributed by atoms with van der Waals surface area (Å²) >= 11 is 0. The molecule has 0 fully saturated rings. The first-order chi connectivity index (χ1) is 9.56. The van der Waals surface area contributed by atoms with Crippen LogP contribution in [0.1, 0.15) is 37.6 Å². The molecule has 0 amide bonds. The molecule has 112 valence electrons. The van der Waals surface area contributed by atoms with Gasteiger partial charge in [-0.15, -0.1) is 0 Å². The van der Waals surface area contributed by atoms with E-state index < -0.39 is 17.5 Å². The number of benzene rings is 1. The number of phenolic OH excluding ortho intramolecular Hbond substituents is 2. The van der Waals surface area contributed by atoms with Gasteiger partial charge in [-0.25, -0.2) is 4.79 Å². The van der Waals surface area contributed by atoms with Gasteiger partial charge in [-0.2, -0.15) is 0 Å². The monoisotopic (exact) mass is 284 g/mol. The summed E-state index contributed by atoms with van der Waals surface area (Å²) in [4.78, 5) is 12.0. The maximum Gasteiger partial charge on any atom is 0.346 e. The SMILES string of the molecule is CCCOC(=O)c1c(O)c(O)cc(OCC)c1OCC. The van der Waals surface area contributed by atoms with Crippen LogP contribution in [-0.4, -0.2) is 36.0 Å². The molecule has 0 bridgehead atoms. The van der Waals surface area contributed by atoms with Crippen LogP contribution in [-0.2, 0) is 4.74 Å². The van der Waals surface area contributed by atoms with Gasteiger partial charge in [0.2, 0.25) is 0 Å². The predicted octanol–water partition coefficient (Wildman–Crippen LogP) is 2.46. The summed E-state index contributed by atoms with van der Waals surface area (Å²) in [5.41, 5.74) is -0.219. The van der Waals surface area contributed by atoms with Crippen molar-refractivity contribution in [3.8, 4) is 23.0 Å². The molecule has 20 heavy (non-hydrogen) atoms. The molecular formula is C14H20O6. The van der Waals surface area contributed by atoms with Gasteiger partial charge in [-0.05, 0) is 20.3 Å². The number of phenols is 2. The van der Waals surface area contributed by atoms with Gasteiger partial charge >= 0.3 is 5.97 Å². The van der Waals surface area contributed by atoms with Crippen molar-refractivity contribution < 1.29 is 29.2 Å². The molecule has 6 nitrogen and oxygen atoms in total. The van der Waals surface area contributed by atoms with Crippen LogP contribution in [0.3, 0.4) is 0 Å². The molecule has 0 heterocycles. The third kappa shape index (κ3) is 3.46. The molecule has 0 aliphatic carbocycles. The normalized spacial score (nSPS) is 10.2. The van der Waals surface area contributed by atoms with E-state index >= 15 is 0 Å². The minimum Gasteiger partial charge on any atom is -0.504 e. The first kappa shape index (κ1) is 15.9. The molecule has 0 saturated heterocycles. The first-order valence-electron chi connectivity index (χ1n) is 6.58. The lowest BCUT2D eigenvalue weighted by Gasteiger charge is -2.16. The molecule has 0 aromatic heterocycles. The quantitative estimate of drug-likeness (QED) is 0.591. The lowest BCUT2D eigenvalue weighted by atomic mass is 10.1. The average Bonchev–Trinajstić information content (AvgIpc) is 2.42. The number of hydrogen-bond acceptors (Lipinski definition) is 6. The van der Waals surface area contributed by atoms with E-state index in [-0.39, 0.29) is 30.3 Å². The summed E-state index contributed by atoms with van der Waals surface area (Å²) in [5.74, 6) is -1.53. The minimum atomic E-state index is -0.760. The van der Waals surface area contributed by atoms with Crippen LogP contribution in [0.2, 0.25) is 0 Å². The van der Waals surface area contributed by atoms with Gasteiger partial charge < -0.3 is 24.4 Å². The molecule has 0 aliphatic heterocycles. The van der Waals surface area contributed by atoms with E-state index in [2.05, 4.69) is 0 Å². The highest BCUT2D eigenvalue weighted by Gasteiger charge is 2.26. The van der Waals surface area contributed by atoms with E-state index in [9.17, 15) is 15.0 Å². The number of hydrogen-bond donors (Lipinski definition) is 2. The number of rotatable bonds is 7. The zero-order chi connectivity index (χ0) is 15.1. The van der Waals surface area contributed by atoms with Crippen LogP contribution < -0.4 is 9.47 Å². The topological polar surface area (TPSA) is 85.2 Å². The van der Waals surface area contributed by atoms with Gasteiger partial charge in [0.1, 0.15) is 0 Å². The molecule has 1 rings (SSSR count). The van der Waals surface area contributed by atoms with Crippen molar-refractivity contribution >= 4 is 5.97 Å². The molecular weight excluding hydrogens is 264 g/mol. The van der Waals surface area contributed by atoms with Crippen molar-refractivity contribution in [3.63, 3.8) is 0 Å². The van der Waals surface area contributed by atoms with Crippen molar-refractivity contribution in [1.29, 1.82) is 0 Å². The lowest BCUT2D eigenvalue weighted by molar-refractivity contribution is 0.0495. The Morgan fingerprint density at radius 2 is 1.80 bits per heavy atom. The van der Waals surface area contributed by atoms with Gasteiger partial charge in [0.15, 0.2) is 28.6 Å². The fraction of sp³-hybridized carbons (Fsp3) is 0.500. The van der Waals surface area contributed by atoms with Crippen molar-refractivity contribution in [3.05, 3.63) is 11.6 Å². The fourth-order valence-electron chi connectivity index (χ4n) is 1.62. The summed E-state index contributed by atoms with van der Waals surface area (Å²) in [6.45, 7) is 6.16. The van der Waals surface area contributed by atoms with E-state index in [1.54, 1.807) is 13.8 Å². The Bertz CT molecular complexity index is 469. The van der Waals surface area contributed by atoms with Crippen LogP contribution in [0.25, 0.3) is 0 Å². The lowest BCUT2D eigenvalue weighted by Crippen LogP contribution is -2.10. The van der Waals surface area contributed by atoms with Gasteiger partial charge in [0.25, 0.3) is 0 Å². The number of esters is 1. The molecule has 0 aliphatic rings. The number of ether oxygens (including phenoxy) is 3. The van der Waals surface area contributed by atoms with Gasteiger partial charge in [0, 0.05) is 6.07 Å². The van der Waals surface area contributed by atoms with Crippen molar-refractivity contribution in [2.24, 2.45) is 0 Å². The predicted molar refractivity (Wildman–Crippen MR) is 72.7 cm³/mol. The first-order valence-corrected chi connectivity index (χ1v) is 6.58. The number of carbonyl (C=O) groups is 1. The molecule has 0 radical (unpaired) electrons. The maximum atomic E-state index is 12.0. The van der Waals surface area contributed by atoms with E-state index in [4.69, 9.17) is 14.2 Å². The smallest absolute Gasteiger partial charge is 0.346 e. The summed E-state index contributed by atoms with van der Waals surface area (Å²) in [5, 5.41) is 19.6. The second kappa shape index (κ2) is 7.47. The Labute approximate surface area is 117 Å². The van der Waals surface area contributed by atoms with Gasteiger partial charge in [-0.1, -0.05) is 6.92 Å². The molecule has 0 atom stereocenters. The van der Waals surface area contributed by atoms with Crippen molar-refractivity contribution in [1.82, 2.24) is 0 Å². The summed E-state index contributed by atoms with van der Waals surface area (Å²) in [7, 11) is 0. The fourth-order valence-corrected chi connectivity index (χ4v) is 1.62. The summed E-state index contributed by atoms with van der Waals surface area (Å²) in [6, 6.07) is 1.21. The number of aromatic hydroxyl groups is 2. The van der Waals surface area contributed by atoms with Crippen LogP contribution in [0, 0.1) is 0 Å². The molecule has 1 aromatic rings. The number of carbonyl (C=O) groups excluding carboxylic acids is 1. The minimum absolute atomic E-state index is 0.0748. The van der Waals surface area contributed by atoms with Crippen LogP contribution in [0.15, 0.2) is 6.07 Å². The summed E-state index contributed by atoms with van der Waals surface area (Å²) in [6.07, 6.45) is 0.646. The highest BCUT2D eigenvalue weighted by molar-refractivity contribution is 5.97. The third-order valence-electron chi connectivity index (χ3n) is 2.43. The molecule has 0 spiro atoms. The molecule has 0 unspecified atom stereocenters. The molecule has 0 saturated carbocycles. The largest absolute Gasteiger partial charge is 0.504 e. The van der Waals surface area contributed by atoms with Crippen LogP contribution in [0.4, 0.5) is 0 Å². The van der Waals surface area contributed by atoms with Crippen molar-refractivity contribution in [2.45, 2.75) is 27.2 Å². The molecule has 6 heteroatoms. The Kier molecular flexibility index (Phi) is 5.96. The third-order valence-corrected chi connectivity index (χ3v) is 2.43. The highest BCUT2D eigenvalue weighted by atomic mass is 16.5. The van der Waals surface area contributed by atoms with E-state index in [0.717, 1.165) is 0 Å². The summed E-state index contributed by atoms with van der Waals surface area (Å²) < 4.78 is 15.7. The maximum absolute atomic E-state index is 12.0.